The van der Waals surface area contributed by atoms with Gasteiger partial charge in [-0.3, -0.25) is 0 Å². The second kappa shape index (κ2) is 6.51. The van der Waals surface area contributed by atoms with Gasteiger partial charge in [0.05, 0.1) is 13.2 Å². The van der Waals surface area contributed by atoms with Gasteiger partial charge < -0.3 is 14.4 Å². The van der Waals surface area contributed by atoms with Gasteiger partial charge in [-0.15, -0.1) is 0 Å². The maximum Gasteiger partial charge on any atom is 0.124 e. The summed E-state index contributed by atoms with van der Waals surface area (Å²) in [5.74, 6) is 0.891. The van der Waals surface area contributed by atoms with E-state index in [-0.39, 0.29) is 6.10 Å². The first-order chi connectivity index (χ1) is 7.69. The van der Waals surface area contributed by atoms with E-state index in [1.807, 2.05) is 39.2 Å². The summed E-state index contributed by atoms with van der Waals surface area (Å²) in [6.07, 6.45) is 0.0659. The predicted octanol–water partition coefficient (Wildman–Crippen LogP) is 2.33. The van der Waals surface area contributed by atoms with Crippen LogP contribution in [-0.4, -0.2) is 39.3 Å². The highest BCUT2D eigenvalue weighted by Crippen LogP contribution is 2.27. The summed E-state index contributed by atoms with van der Waals surface area (Å²) in [6.45, 7) is 3.57. The van der Waals surface area contributed by atoms with E-state index in [4.69, 9.17) is 9.47 Å². The van der Waals surface area contributed by atoms with Gasteiger partial charge in [-0.25, -0.2) is 0 Å². The standard InChI is InChI=1S/C13H21NO2/c1-5-16-13(10-14(2)3)11-8-6-7-9-12(11)15-4/h6-9,13H,5,10H2,1-4H3. The molecule has 0 heterocycles. The van der Waals surface area contributed by atoms with Gasteiger partial charge in [-0.05, 0) is 27.1 Å². The summed E-state index contributed by atoms with van der Waals surface area (Å²) in [5.41, 5.74) is 1.11. The molecule has 0 saturated heterocycles. The molecule has 0 bridgehead atoms. The van der Waals surface area contributed by atoms with Crippen molar-refractivity contribution in [1.82, 2.24) is 4.90 Å². The van der Waals surface area contributed by atoms with Crippen LogP contribution in [0.5, 0.6) is 5.75 Å². The highest BCUT2D eigenvalue weighted by Gasteiger charge is 2.16. The van der Waals surface area contributed by atoms with Crippen LogP contribution in [0.25, 0.3) is 0 Å². The topological polar surface area (TPSA) is 21.7 Å². The average molecular weight is 223 g/mol. The van der Waals surface area contributed by atoms with E-state index >= 15 is 0 Å². The van der Waals surface area contributed by atoms with Crippen molar-refractivity contribution in [2.75, 3.05) is 34.4 Å². The SMILES string of the molecule is CCOC(CN(C)C)c1ccccc1OC. The minimum atomic E-state index is 0.0659. The third-order valence-corrected chi connectivity index (χ3v) is 2.38. The lowest BCUT2D eigenvalue weighted by molar-refractivity contribution is 0.0418. The maximum absolute atomic E-state index is 5.76. The zero-order chi connectivity index (χ0) is 12.0. The molecule has 0 aromatic heterocycles. The van der Waals surface area contributed by atoms with Crippen LogP contribution in [0.1, 0.15) is 18.6 Å². The van der Waals surface area contributed by atoms with Crippen molar-refractivity contribution >= 4 is 0 Å². The number of benzene rings is 1. The Hall–Kier alpha value is -1.06. The molecule has 0 aliphatic heterocycles. The highest BCUT2D eigenvalue weighted by molar-refractivity contribution is 5.35. The van der Waals surface area contributed by atoms with Crippen molar-refractivity contribution in [3.8, 4) is 5.75 Å². The van der Waals surface area contributed by atoms with Gasteiger partial charge in [0.2, 0.25) is 0 Å². The Morgan fingerprint density at radius 3 is 2.50 bits per heavy atom. The van der Waals surface area contributed by atoms with Gasteiger partial charge in [-0.1, -0.05) is 18.2 Å². The van der Waals surface area contributed by atoms with Gasteiger partial charge in [0.15, 0.2) is 0 Å². The number of methoxy groups -OCH3 is 1. The molecule has 0 saturated carbocycles. The summed E-state index contributed by atoms with van der Waals surface area (Å²) in [6, 6.07) is 8.01. The first-order valence-electron chi connectivity index (χ1n) is 5.58. The van der Waals surface area contributed by atoms with E-state index in [1.54, 1.807) is 7.11 Å². The van der Waals surface area contributed by atoms with Gasteiger partial charge in [-0.2, -0.15) is 0 Å². The molecule has 1 aromatic carbocycles. The molecule has 1 aromatic rings. The molecule has 16 heavy (non-hydrogen) atoms. The van der Waals surface area contributed by atoms with Crippen LogP contribution < -0.4 is 4.74 Å². The Balaban J connectivity index is 2.90. The molecule has 0 spiro atoms. The number of ether oxygens (including phenoxy) is 2. The zero-order valence-electron chi connectivity index (χ0n) is 10.6. The summed E-state index contributed by atoms with van der Waals surface area (Å²) in [7, 11) is 5.78. The second-order valence-electron chi connectivity index (χ2n) is 3.95. The minimum Gasteiger partial charge on any atom is -0.496 e. The Bertz CT molecular complexity index is 313. The Morgan fingerprint density at radius 1 is 1.25 bits per heavy atom. The molecule has 3 nitrogen and oxygen atoms in total. The van der Waals surface area contributed by atoms with Gasteiger partial charge in [0.1, 0.15) is 5.75 Å². The minimum absolute atomic E-state index is 0.0659. The fourth-order valence-corrected chi connectivity index (χ4v) is 1.71. The normalized spacial score (nSPS) is 12.8. The Morgan fingerprint density at radius 2 is 1.94 bits per heavy atom. The summed E-state index contributed by atoms with van der Waals surface area (Å²) < 4.78 is 11.1. The van der Waals surface area contributed by atoms with Gasteiger partial charge >= 0.3 is 0 Å². The third-order valence-electron chi connectivity index (χ3n) is 2.38. The van der Waals surface area contributed by atoms with E-state index in [2.05, 4.69) is 11.0 Å². The van der Waals surface area contributed by atoms with E-state index in [9.17, 15) is 0 Å². The van der Waals surface area contributed by atoms with E-state index in [0.717, 1.165) is 17.9 Å². The molecule has 0 aliphatic rings. The van der Waals surface area contributed by atoms with Crippen molar-refractivity contribution in [1.29, 1.82) is 0 Å². The van der Waals surface area contributed by atoms with Crippen LogP contribution in [-0.2, 0) is 4.74 Å². The second-order valence-corrected chi connectivity index (χ2v) is 3.95. The molecule has 0 aliphatic carbocycles. The van der Waals surface area contributed by atoms with Gasteiger partial charge in [0.25, 0.3) is 0 Å². The van der Waals surface area contributed by atoms with Crippen molar-refractivity contribution in [2.45, 2.75) is 13.0 Å². The molecular weight excluding hydrogens is 202 g/mol. The summed E-state index contributed by atoms with van der Waals surface area (Å²) >= 11 is 0. The number of hydrogen-bond donors (Lipinski definition) is 0. The predicted molar refractivity (Wildman–Crippen MR) is 65.9 cm³/mol. The molecule has 3 heteroatoms. The lowest BCUT2D eigenvalue weighted by Gasteiger charge is -2.23. The lowest BCUT2D eigenvalue weighted by Crippen LogP contribution is -2.22. The van der Waals surface area contributed by atoms with Crippen molar-refractivity contribution < 1.29 is 9.47 Å². The number of para-hydroxylation sites is 1. The molecule has 90 valence electrons. The van der Waals surface area contributed by atoms with Crippen LogP contribution in [0, 0.1) is 0 Å². The molecule has 0 fully saturated rings. The molecule has 1 unspecified atom stereocenters. The fourth-order valence-electron chi connectivity index (χ4n) is 1.71. The van der Waals surface area contributed by atoms with Crippen LogP contribution in [0.4, 0.5) is 0 Å². The maximum atomic E-state index is 5.76. The highest BCUT2D eigenvalue weighted by atomic mass is 16.5. The third kappa shape index (κ3) is 3.51. The molecular formula is C13H21NO2. The fraction of sp³-hybridized carbons (Fsp3) is 0.538. The molecule has 0 radical (unpaired) electrons. The zero-order valence-corrected chi connectivity index (χ0v) is 10.6. The quantitative estimate of drug-likeness (QED) is 0.739. The number of likely N-dealkylation sites (N-methyl/N-ethyl adjacent to an activating group) is 1. The molecule has 1 atom stereocenters. The lowest BCUT2D eigenvalue weighted by atomic mass is 10.1. The largest absolute Gasteiger partial charge is 0.496 e. The van der Waals surface area contributed by atoms with Crippen LogP contribution >= 0.6 is 0 Å². The smallest absolute Gasteiger partial charge is 0.124 e. The Labute approximate surface area is 98.0 Å². The van der Waals surface area contributed by atoms with Crippen LogP contribution in [0.2, 0.25) is 0 Å². The summed E-state index contributed by atoms with van der Waals surface area (Å²) in [5, 5.41) is 0. The van der Waals surface area contributed by atoms with Crippen molar-refractivity contribution in [3.05, 3.63) is 29.8 Å². The number of nitrogens with zero attached hydrogens (tertiary/aromatic N) is 1. The monoisotopic (exact) mass is 223 g/mol. The summed E-state index contributed by atoms with van der Waals surface area (Å²) in [4.78, 5) is 2.12. The molecule has 0 N–H and O–H groups in total. The molecule has 0 amide bonds. The van der Waals surface area contributed by atoms with E-state index < -0.39 is 0 Å². The van der Waals surface area contributed by atoms with Crippen molar-refractivity contribution in [3.63, 3.8) is 0 Å². The number of hydrogen-bond acceptors (Lipinski definition) is 3. The van der Waals surface area contributed by atoms with E-state index in [0.29, 0.717) is 6.61 Å². The van der Waals surface area contributed by atoms with E-state index in [1.165, 1.54) is 0 Å². The first-order valence-corrected chi connectivity index (χ1v) is 5.58. The average Bonchev–Trinajstić information content (AvgIpc) is 2.28. The van der Waals surface area contributed by atoms with Crippen molar-refractivity contribution in [2.24, 2.45) is 0 Å². The first kappa shape index (κ1) is 13.0. The van der Waals surface area contributed by atoms with Crippen LogP contribution in [0.15, 0.2) is 24.3 Å². The van der Waals surface area contributed by atoms with Crippen LogP contribution in [0.3, 0.4) is 0 Å². The molecule has 1 rings (SSSR count). The number of rotatable bonds is 6. The van der Waals surface area contributed by atoms with Gasteiger partial charge in [0, 0.05) is 18.7 Å². The Kier molecular flexibility index (Phi) is 5.29.